The molecule has 4 saturated carbocycles. The second-order valence-corrected chi connectivity index (χ2v) is 19.2. The highest BCUT2D eigenvalue weighted by molar-refractivity contribution is 5.76. The summed E-state index contributed by atoms with van der Waals surface area (Å²) < 4.78 is 14.0. The van der Waals surface area contributed by atoms with E-state index in [0.717, 1.165) is 32.6 Å². The van der Waals surface area contributed by atoms with E-state index >= 15 is 0 Å². The maximum Gasteiger partial charge on any atom is 0.317 e. The molecule has 7 aliphatic rings. The van der Waals surface area contributed by atoms with E-state index in [1.54, 1.807) is 0 Å². The number of carbonyl (C=O) groups is 2. The number of aliphatic carboxylic acids is 1. The SMILES string of the molecule is C=C(C)[C@@H]1CC[C@]2(NCCN3CCNC3=O)CC[C@]3(C)[C@H](CC[C@@H]4C5(C)CC=C(C6=CCC(CF)(C(=O)O)CC6)C(C)(C)[C@@H]5CC[C@]43C)[C@@H]12. The number of hydrogen-bond acceptors (Lipinski definition) is 3. The first-order chi connectivity index (χ1) is 23.1. The first-order valence-electron chi connectivity index (χ1n) is 19.7. The number of nitrogens with zero attached hydrogens (tertiary/aromatic N) is 1. The number of rotatable bonds is 8. The molecule has 3 N–H and O–H groups in total. The molecule has 7 rings (SSSR count). The number of alkyl halides is 1. The van der Waals surface area contributed by atoms with Crippen LogP contribution in [-0.4, -0.2) is 60.4 Å². The van der Waals surface area contributed by atoms with Gasteiger partial charge in [-0.1, -0.05) is 58.9 Å². The minimum absolute atomic E-state index is 0.00869. The van der Waals surface area contributed by atoms with Gasteiger partial charge in [-0.15, -0.1) is 0 Å². The van der Waals surface area contributed by atoms with Gasteiger partial charge in [-0.2, -0.15) is 0 Å². The zero-order valence-electron chi connectivity index (χ0n) is 31.4. The van der Waals surface area contributed by atoms with Crippen molar-refractivity contribution in [2.75, 3.05) is 32.9 Å². The lowest BCUT2D eigenvalue weighted by Crippen LogP contribution is -2.68. The number of carbonyl (C=O) groups excluding carboxylic acids is 1. The molecule has 10 atom stereocenters. The Morgan fingerprint density at radius 1 is 1.00 bits per heavy atom. The average Bonchev–Trinajstić information content (AvgIpc) is 3.65. The van der Waals surface area contributed by atoms with Gasteiger partial charge in [0.05, 0.1) is 5.41 Å². The molecule has 0 bridgehead atoms. The number of carboxylic acid groups (broad SMARTS) is 1. The van der Waals surface area contributed by atoms with Gasteiger partial charge in [0, 0.05) is 31.7 Å². The van der Waals surface area contributed by atoms with Gasteiger partial charge < -0.3 is 20.6 Å². The molecular weight excluding hydrogens is 613 g/mol. The molecule has 0 aromatic heterocycles. The summed E-state index contributed by atoms with van der Waals surface area (Å²) in [7, 11) is 0. The van der Waals surface area contributed by atoms with Crippen molar-refractivity contribution in [2.45, 2.75) is 124 Å². The fraction of sp³-hybridized carbons (Fsp3) is 0.810. The Labute approximate surface area is 295 Å². The van der Waals surface area contributed by atoms with Crippen LogP contribution in [-0.2, 0) is 4.79 Å². The highest BCUT2D eigenvalue weighted by Crippen LogP contribution is 2.76. The van der Waals surface area contributed by atoms with E-state index in [0.29, 0.717) is 48.9 Å². The lowest BCUT2D eigenvalue weighted by Gasteiger charge is -2.72. The maximum absolute atomic E-state index is 14.0. The molecule has 0 aromatic carbocycles. The number of hydrogen-bond donors (Lipinski definition) is 3. The number of fused-ring (bicyclic) bond motifs is 7. The minimum atomic E-state index is -1.25. The normalized spacial score (nSPS) is 45.7. The van der Waals surface area contributed by atoms with E-state index in [-0.39, 0.29) is 33.2 Å². The molecule has 6 aliphatic carbocycles. The highest BCUT2D eigenvalue weighted by atomic mass is 19.1. The van der Waals surface area contributed by atoms with Gasteiger partial charge in [-0.25, -0.2) is 9.18 Å². The van der Waals surface area contributed by atoms with Crippen molar-refractivity contribution in [3.05, 3.63) is 35.5 Å². The summed E-state index contributed by atoms with van der Waals surface area (Å²) in [5.41, 5.74) is 3.64. The first kappa shape index (κ1) is 35.3. The molecule has 0 spiro atoms. The van der Waals surface area contributed by atoms with Crippen LogP contribution >= 0.6 is 0 Å². The Kier molecular flexibility index (Phi) is 8.60. The molecule has 5 fully saturated rings. The lowest BCUT2D eigenvalue weighted by atomic mass is 9.33. The van der Waals surface area contributed by atoms with E-state index in [2.05, 4.69) is 70.9 Å². The summed E-state index contributed by atoms with van der Waals surface area (Å²) in [5, 5.41) is 16.9. The Balaban J connectivity index is 1.16. The Hall–Kier alpha value is -2.15. The second kappa shape index (κ2) is 12.0. The maximum atomic E-state index is 14.0. The molecular formula is C42H64FN3O3. The minimum Gasteiger partial charge on any atom is -0.481 e. The lowest BCUT2D eigenvalue weighted by molar-refractivity contribution is -0.221. The number of nitrogens with one attached hydrogen (secondary N) is 2. The predicted octanol–water partition coefficient (Wildman–Crippen LogP) is 8.70. The summed E-state index contributed by atoms with van der Waals surface area (Å²) in [4.78, 5) is 26.2. The third-order valence-electron chi connectivity index (χ3n) is 17.1. The van der Waals surface area contributed by atoms with Crippen LogP contribution in [0.5, 0.6) is 0 Å². The van der Waals surface area contributed by atoms with Crippen LogP contribution in [0.2, 0.25) is 0 Å². The Morgan fingerprint density at radius 2 is 1.78 bits per heavy atom. The van der Waals surface area contributed by atoms with Gasteiger partial charge in [0.1, 0.15) is 6.67 Å². The summed E-state index contributed by atoms with van der Waals surface area (Å²) in [6.07, 6.45) is 17.0. The van der Waals surface area contributed by atoms with Crippen LogP contribution in [0.1, 0.15) is 119 Å². The fourth-order valence-electron chi connectivity index (χ4n) is 14.3. The average molecular weight is 678 g/mol. The second-order valence-electron chi connectivity index (χ2n) is 19.2. The van der Waals surface area contributed by atoms with Gasteiger partial charge in [0.25, 0.3) is 0 Å². The van der Waals surface area contributed by atoms with Crippen LogP contribution < -0.4 is 10.6 Å². The van der Waals surface area contributed by atoms with Crippen LogP contribution in [0.3, 0.4) is 0 Å². The molecule has 1 saturated heterocycles. The zero-order chi connectivity index (χ0) is 35.2. The van der Waals surface area contributed by atoms with E-state index in [4.69, 9.17) is 0 Å². The van der Waals surface area contributed by atoms with Crippen LogP contribution in [0.4, 0.5) is 9.18 Å². The van der Waals surface area contributed by atoms with Gasteiger partial charge in [-0.3, -0.25) is 4.79 Å². The molecule has 0 radical (unpaired) electrons. The van der Waals surface area contributed by atoms with Crippen molar-refractivity contribution >= 4 is 12.0 Å². The number of allylic oxidation sites excluding steroid dienone is 5. The van der Waals surface area contributed by atoms with Crippen molar-refractivity contribution in [2.24, 2.45) is 56.7 Å². The Bertz CT molecular complexity index is 1450. The molecule has 1 aliphatic heterocycles. The van der Waals surface area contributed by atoms with Crippen molar-refractivity contribution < 1.29 is 19.1 Å². The van der Waals surface area contributed by atoms with E-state index in [1.807, 2.05) is 4.90 Å². The molecule has 0 aromatic rings. The largest absolute Gasteiger partial charge is 0.481 e. The summed E-state index contributed by atoms with van der Waals surface area (Å²) >= 11 is 0. The quantitative estimate of drug-likeness (QED) is 0.225. The Morgan fingerprint density at radius 3 is 2.41 bits per heavy atom. The van der Waals surface area contributed by atoms with Gasteiger partial charge in [-0.05, 0) is 146 Å². The third kappa shape index (κ3) is 5.00. The van der Waals surface area contributed by atoms with Crippen molar-refractivity contribution in [3.8, 4) is 0 Å². The standard InChI is InChI=1S/C42H64FN3O3/c1-27(2)29-12-19-42(45-23-25-46-24-22-44-36(46)49)21-20-39(6)31(34(29)42)8-9-33-38(5)15-13-30(37(3,4)32(38)14-16-40(33,39)7)28-10-17-41(26-43,18-11-28)35(47)48/h10,13,29,31-34,45H,1,8-9,11-12,14-26H2,2-7H3,(H,44,49)(H,47,48)/t29-,31+,32-,33+,34+,38?,39+,40+,41?,42-/m0/s1. The monoisotopic (exact) mass is 677 g/mol. The molecule has 272 valence electrons. The molecule has 2 unspecified atom stereocenters. The van der Waals surface area contributed by atoms with Gasteiger partial charge in [0.2, 0.25) is 0 Å². The molecule has 1 heterocycles. The number of carboxylic acids is 1. The smallest absolute Gasteiger partial charge is 0.317 e. The fourth-order valence-corrected chi connectivity index (χ4v) is 14.3. The molecule has 2 amide bonds. The van der Waals surface area contributed by atoms with Crippen LogP contribution in [0.15, 0.2) is 35.5 Å². The van der Waals surface area contributed by atoms with Crippen LogP contribution in [0.25, 0.3) is 0 Å². The number of urea groups is 1. The van der Waals surface area contributed by atoms with Gasteiger partial charge >= 0.3 is 12.0 Å². The van der Waals surface area contributed by atoms with Crippen LogP contribution in [0, 0.1) is 56.7 Å². The summed E-state index contributed by atoms with van der Waals surface area (Å²) in [6.45, 7) is 22.2. The molecule has 6 nitrogen and oxygen atoms in total. The zero-order valence-corrected chi connectivity index (χ0v) is 31.4. The molecule has 49 heavy (non-hydrogen) atoms. The number of halogens is 1. The number of amides is 2. The first-order valence-corrected chi connectivity index (χ1v) is 19.7. The topological polar surface area (TPSA) is 81.7 Å². The van der Waals surface area contributed by atoms with Crippen molar-refractivity contribution in [1.82, 2.24) is 15.5 Å². The van der Waals surface area contributed by atoms with E-state index in [9.17, 15) is 19.1 Å². The predicted molar refractivity (Wildman–Crippen MR) is 194 cm³/mol. The molecule has 7 heteroatoms. The highest BCUT2D eigenvalue weighted by Gasteiger charge is 2.70. The van der Waals surface area contributed by atoms with Crippen molar-refractivity contribution in [1.29, 1.82) is 0 Å². The summed E-state index contributed by atoms with van der Waals surface area (Å²) in [5.74, 6) is 2.03. The van der Waals surface area contributed by atoms with Crippen molar-refractivity contribution in [3.63, 3.8) is 0 Å². The van der Waals surface area contributed by atoms with E-state index in [1.165, 1.54) is 68.1 Å². The van der Waals surface area contributed by atoms with E-state index < -0.39 is 18.1 Å². The third-order valence-corrected chi connectivity index (χ3v) is 17.1. The summed E-state index contributed by atoms with van der Waals surface area (Å²) in [6, 6.07) is 0.0778. The van der Waals surface area contributed by atoms with Gasteiger partial charge in [0.15, 0.2) is 0 Å².